The molecule has 2 N–H and O–H groups in total. The lowest BCUT2D eigenvalue weighted by Gasteiger charge is -2.40. The third kappa shape index (κ3) is 3.82. The molecule has 1 unspecified atom stereocenters. The molecule has 0 saturated heterocycles. The van der Waals surface area contributed by atoms with Crippen molar-refractivity contribution >= 4 is 11.8 Å². The standard InChI is InChI=1S/C20H24N2O2/c1-20(2,16-12-8-5-9-13-16)17(14-18(21)23)22(3)19(24)15-10-6-4-7-11-15/h4-13,17H,14H2,1-3H3,(H2,21,23). The molecule has 4 heteroatoms. The third-order valence-electron chi connectivity index (χ3n) is 4.55. The third-order valence-corrected chi connectivity index (χ3v) is 4.55. The normalized spacial score (nSPS) is 12.5. The highest BCUT2D eigenvalue weighted by Gasteiger charge is 2.37. The number of rotatable bonds is 6. The average Bonchev–Trinajstić information content (AvgIpc) is 2.59. The largest absolute Gasteiger partial charge is 0.370 e. The molecular weight excluding hydrogens is 300 g/mol. The molecule has 0 spiro atoms. The number of benzene rings is 2. The van der Waals surface area contributed by atoms with Crippen molar-refractivity contribution in [2.24, 2.45) is 5.73 Å². The van der Waals surface area contributed by atoms with Crippen molar-refractivity contribution < 1.29 is 9.59 Å². The van der Waals surface area contributed by atoms with Crippen LogP contribution >= 0.6 is 0 Å². The fourth-order valence-electron chi connectivity index (χ4n) is 3.05. The van der Waals surface area contributed by atoms with E-state index in [4.69, 9.17) is 5.73 Å². The number of carbonyl (C=O) groups excluding carboxylic acids is 2. The zero-order chi connectivity index (χ0) is 17.7. The van der Waals surface area contributed by atoms with Crippen molar-refractivity contribution in [2.45, 2.75) is 31.7 Å². The minimum Gasteiger partial charge on any atom is -0.370 e. The predicted molar refractivity (Wildman–Crippen MR) is 95.6 cm³/mol. The van der Waals surface area contributed by atoms with Gasteiger partial charge >= 0.3 is 0 Å². The molecule has 0 heterocycles. The molecular formula is C20H24N2O2. The van der Waals surface area contributed by atoms with Crippen molar-refractivity contribution in [3.05, 3.63) is 71.8 Å². The lowest BCUT2D eigenvalue weighted by Crippen LogP contribution is -2.50. The SMILES string of the molecule is CN(C(=O)c1ccccc1)C(CC(N)=O)C(C)(C)c1ccccc1. The van der Waals surface area contributed by atoms with Gasteiger partial charge in [-0.25, -0.2) is 0 Å². The van der Waals surface area contributed by atoms with E-state index in [-0.39, 0.29) is 18.4 Å². The van der Waals surface area contributed by atoms with Crippen molar-refractivity contribution in [1.82, 2.24) is 4.90 Å². The number of likely N-dealkylation sites (N-methyl/N-ethyl adjacent to an activating group) is 1. The first-order valence-corrected chi connectivity index (χ1v) is 8.00. The van der Waals surface area contributed by atoms with Gasteiger partial charge in [0.15, 0.2) is 0 Å². The summed E-state index contributed by atoms with van der Waals surface area (Å²) in [4.78, 5) is 26.1. The quantitative estimate of drug-likeness (QED) is 0.888. The summed E-state index contributed by atoms with van der Waals surface area (Å²) in [6.45, 7) is 4.06. The van der Waals surface area contributed by atoms with Gasteiger partial charge in [-0.15, -0.1) is 0 Å². The van der Waals surface area contributed by atoms with E-state index in [1.807, 2.05) is 62.4 Å². The summed E-state index contributed by atoms with van der Waals surface area (Å²) in [5.74, 6) is -0.539. The van der Waals surface area contributed by atoms with Crippen LogP contribution in [0.25, 0.3) is 0 Å². The molecule has 0 aliphatic heterocycles. The van der Waals surface area contributed by atoms with E-state index < -0.39 is 11.3 Å². The first kappa shape index (κ1) is 17.7. The molecule has 0 fully saturated rings. The Hall–Kier alpha value is -2.62. The Morgan fingerprint density at radius 3 is 2.00 bits per heavy atom. The Balaban J connectivity index is 2.37. The summed E-state index contributed by atoms with van der Waals surface area (Å²) in [7, 11) is 1.73. The van der Waals surface area contributed by atoms with Crippen LogP contribution < -0.4 is 5.73 Å². The molecule has 2 aromatic carbocycles. The van der Waals surface area contributed by atoms with Crippen LogP contribution in [0.2, 0.25) is 0 Å². The molecule has 24 heavy (non-hydrogen) atoms. The van der Waals surface area contributed by atoms with Gasteiger partial charge in [0.25, 0.3) is 5.91 Å². The van der Waals surface area contributed by atoms with E-state index in [1.54, 1.807) is 24.1 Å². The maximum absolute atomic E-state index is 12.8. The molecule has 0 aliphatic rings. The number of carbonyl (C=O) groups is 2. The number of hydrogen-bond acceptors (Lipinski definition) is 2. The van der Waals surface area contributed by atoms with Crippen LogP contribution in [0, 0.1) is 0 Å². The van der Waals surface area contributed by atoms with E-state index in [2.05, 4.69) is 0 Å². The molecule has 0 saturated carbocycles. The summed E-state index contributed by atoms with van der Waals surface area (Å²) < 4.78 is 0. The minimum atomic E-state index is -0.421. The molecule has 2 amide bonds. The lowest BCUT2D eigenvalue weighted by molar-refractivity contribution is -0.119. The molecule has 2 aromatic rings. The fraction of sp³-hybridized carbons (Fsp3) is 0.300. The summed E-state index contributed by atoms with van der Waals surface area (Å²) in [6, 6.07) is 18.6. The molecule has 126 valence electrons. The van der Waals surface area contributed by atoms with Gasteiger partial charge in [0.2, 0.25) is 5.91 Å². The van der Waals surface area contributed by atoms with Crippen LogP contribution in [0.15, 0.2) is 60.7 Å². The van der Waals surface area contributed by atoms with Crippen molar-refractivity contribution in [3.63, 3.8) is 0 Å². The maximum atomic E-state index is 12.8. The minimum absolute atomic E-state index is 0.108. The van der Waals surface area contributed by atoms with Gasteiger partial charge in [0.1, 0.15) is 0 Å². The van der Waals surface area contributed by atoms with Crippen LogP contribution in [0.1, 0.15) is 36.2 Å². The second-order valence-corrected chi connectivity index (χ2v) is 6.56. The molecule has 0 radical (unpaired) electrons. The number of amides is 2. The molecule has 1 atom stereocenters. The Morgan fingerprint density at radius 2 is 1.50 bits per heavy atom. The van der Waals surface area contributed by atoms with Crippen molar-refractivity contribution in [3.8, 4) is 0 Å². The highest BCUT2D eigenvalue weighted by atomic mass is 16.2. The average molecular weight is 324 g/mol. The zero-order valence-electron chi connectivity index (χ0n) is 14.4. The first-order valence-electron chi connectivity index (χ1n) is 8.00. The summed E-state index contributed by atoms with van der Waals surface area (Å²) >= 11 is 0. The van der Waals surface area contributed by atoms with E-state index in [9.17, 15) is 9.59 Å². The first-order chi connectivity index (χ1) is 11.3. The number of primary amides is 1. The van der Waals surface area contributed by atoms with Crippen LogP contribution in [-0.4, -0.2) is 29.8 Å². The number of nitrogens with zero attached hydrogens (tertiary/aromatic N) is 1. The monoisotopic (exact) mass is 324 g/mol. The van der Waals surface area contributed by atoms with Gasteiger partial charge in [0.05, 0.1) is 0 Å². The van der Waals surface area contributed by atoms with Crippen LogP contribution in [0.4, 0.5) is 0 Å². The van der Waals surface area contributed by atoms with Gasteiger partial charge < -0.3 is 10.6 Å². The van der Waals surface area contributed by atoms with Gasteiger partial charge in [-0.2, -0.15) is 0 Å². The maximum Gasteiger partial charge on any atom is 0.253 e. The highest BCUT2D eigenvalue weighted by Crippen LogP contribution is 2.32. The zero-order valence-corrected chi connectivity index (χ0v) is 14.4. The number of nitrogens with two attached hydrogens (primary N) is 1. The smallest absolute Gasteiger partial charge is 0.253 e. The summed E-state index contributed by atoms with van der Waals surface area (Å²) in [5, 5.41) is 0. The summed E-state index contributed by atoms with van der Waals surface area (Å²) in [5.41, 5.74) is 6.70. The Kier molecular flexibility index (Phi) is 5.39. The van der Waals surface area contributed by atoms with Gasteiger partial charge in [-0.1, -0.05) is 62.4 Å². The number of hydrogen-bond donors (Lipinski definition) is 1. The van der Waals surface area contributed by atoms with E-state index in [0.717, 1.165) is 5.56 Å². The van der Waals surface area contributed by atoms with Crippen LogP contribution in [-0.2, 0) is 10.2 Å². The second-order valence-electron chi connectivity index (χ2n) is 6.56. The van der Waals surface area contributed by atoms with Crippen molar-refractivity contribution in [1.29, 1.82) is 0 Å². The molecule has 4 nitrogen and oxygen atoms in total. The lowest BCUT2D eigenvalue weighted by atomic mass is 9.75. The van der Waals surface area contributed by atoms with Gasteiger partial charge in [-0.3, -0.25) is 9.59 Å². The fourth-order valence-corrected chi connectivity index (χ4v) is 3.05. The van der Waals surface area contributed by atoms with E-state index in [1.165, 1.54) is 0 Å². The Bertz CT molecular complexity index is 696. The van der Waals surface area contributed by atoms with Crippen LogP contribution in [0.3, 0.4) is 0 Å². The van der Waals surface area contributed by atoms with E-state index in [0.29, 0.717) is 5.56 Å². The summed E-state index contributed by atoms with van der Waals surface area (Å²) in [6.07, 6.45) is 0.108. The molecule has 0 aromatic heterocycles. The second kappa shape index (κ2) is 7.30. The molecule has 0 bridgehead atoms. The topological polar surface area (TPSA) is 63.4 Å². The van der Waals surface area contributed by atoms with E-state index >= 15 is 0 Å². The Morgan fingerprint density at radius 1 is 1.00 bits per heavy atom. The van der Waals surface area contributed by atoms with Gasteiger partial charge in [-0.05, 0) is 17.7 Å². The molecule has 2 rings (SSSR count). The van der Waals surface area contributed by atoms with Crippen molar-refractivity contribution in [2.75, 3.05) is 7.05 Å². The predicted octanol–water partition coefficient (Wildman–Crippen LogP) is 2.98. The Labute approximate surface area is 143 Å². The molecule has 0 aliphatic carbocycles. The highest BCUT2D eigenvalue weighted by molar-refractivity contribution is 5.94. The van der Waals surface area contributed by atoms with Gasteiger partial charge in [0, 0.05) is 30.5 Å². The van der Waals surface area contributed by atoms with Crippen LogP contribution in [0.5, 0.6) is 0 Å².